The van der Waals surface area contributed by atoms with Crippen molar-refractivity contribution in [2.24, 2.45) is 5.73 Å². The van der Waals surface area contributed by atoms with Crippen LogP contribution in [0.15, 0.2) is 65.2 Å². The Morgan fingerprint density at radius 3 is 2.71 bits per heavy atom. The van der Waals surface area contributed by atoms with Gasteiger partial charge in [0.2, 0.25) is 0 Å². The first-order valence-corrected chi connectivity index (χ1v) is 9.17. The van der Waals surface area contributed by atoms with E-state index in [4.69, 9.17) is 14.9 Å². The highest BCUT2D eigenvalue weighted by atomic mass is 32.1. The van der Waals surface area contributed by atoms with E-state index in [0.717, 1.165) is 22.1 Å². The highest BCUT2D eigenvalue weighted by Gasteiger charge is 2.15. The number of thiazole rings is 1. The summed E-state index contributed by atoms with van der Waals surface area (Å²) in [5.74, 6) is 0.275. The second-order valence-corrected chi connectivity index (χ2v) is 6.94. The van der Waals surface area contributed by atoms with Crippen molar-refractivity contribution in [2.45, 2.75) is 6.61 Å². The number of hydrogen-bond acceptors (Lipinski definition) is 6. The maximum Gasteiger partial charge on any atom is 0.293 e. The molecule has 0 saturated heterocycles. The van der Waals surface area contributed by atoms with Gasteiger partial charge in [0.15, 0.2) is 10.9 Å². The molecule has 0 saturated carbocycles. The number of rotatable bonds is 6. The van der Waals surface area contributed by atoms with Crippen molar-refractivity contribution in [3.05, 3.63) is 77.2 Å². The molecule has 0 bridgehead atoms. The van der Waals surface area contributed by atoms with Crippen LogP contribution in [0.4, 0.5) is 5.13 Å². The zero-order valence-electron chi connectivity index (χ0n) is 14.5. The topological polar surface area (TPSA) is 107 Å². The number of ether oxygens (including phenoxy) is 1. The number of benzene rings is 2. The molecule has 7 nitrogen and oxygen atoms in total. The Bertz CT molecular complexity index is 1160. The number of hydrogen-bond donors (Lipinski definition) is 2. The number of amides is 2. The maximum absolute atomic E-state index is 12.2. The number of furan rings is 1. The molecule has 2 aromatic heterocycles. The number of carbonyl (C=O) groups is 2. The molecule has 0 aliphatic heterocycles. The van der Waals surface area contributed by atoms with Gasteiger partial charge in [-0.2, -0.15) is 0 Å². The van der Waals surface area contributed by atoms with Gasteiger partial charge in [-0.15, -0.1) is 0 Å². The largest absolute Gasteiger partial charge is 0.486 e. The Kier molecular flexibility index (Phi) is 4.77. The van der Waals surface area contributed by atoms with Gasteiger partial charge in [-0.05, 0) is 35.0 Å². The zero-order valence-corrected chi connectivity index (χ0v) is 15.4. The third kappa shape index (κ3) is 3.86. The van der Waals surface area contributed by atoms with E-state index in [1.807, 2.05) is 42.5 Å². The molecule has 4 rings (SSSR count). The fourth-order valence-electron chi connectivity index (χ4n) is 2.59. The molecule has 0 unspecified atom stereocenters. The standard InChI is InChI=1S/C20H15N3O4S/c21-18(24)17-10-22-20(28-17)23-19(25)16-8-7-15(27-16)11-26-14-6-5-12-3-1-2-4-13(12)9-14/h1-10H,11H2,(H2,21,24)(H,22,23,25). The molecule has 0 fully saturated rings. The summed E-state index contributed by atoms with van der Waals surface area (Å²) in [6, 6.07) is 17.0. The van der Waals surface area contributed by atoms with E-state index in [0.29, 0.717) is 11.5 Å². The van der Waals surface area contributed by atoms with Crippen molar-refractivity contribution in [3.8, 4) is 5.75 Å². The Balaban J connectivity index is 1.39. The monoisotopic (exact) mass is 393 g/mol. The van der Waals surface area contributed by atoms with E-state index in [1.54, 1.807) is 12.1 Å². The molecule has 140 valence electrons. The van der Waals surface area contributed by atoms with E-state index >= 15 is 0 Å². The van der Waals surface area contributed by atoms with Gasteiger partial charge in [0, 0.05) is 0 Å². The fraction of sp³-hybridized carbons (Fsp3) is 0.0500. The quantitative estimate of drug-likeness (QED) is 0.518. The minimum atomic E-state index is -0.593. The summed E-state index contributed by atoms with van der Waals surface area (Å²) in [6.45, 7) is 0.189. The first-order valence-electron chi connectivity index (χ1n) is 8.36. The van der Waals surface area contributed by atoms with E-state index in [-0.39, 0.29) is 22.4 Å². The van der Waals surface area contributed by atoms with Crippen LogP contribution in [-0.4, -0.2) is 16.8 Å². The number of nitrogens with two attached hydrogens (primary N) is 1. The molecular weight excluding hydrogens is 378 g/mol. The third-order valence-electron chi connectivity index (χ3n) is 3.96. The second kappa shape index (κ2) is 7.53. The lowest BCUT2D eigenvalue weighted by Gasteiger charge is -2.05. The van der Waals surface area contributed by atoms with Gasteiger partial charge in [0.25, 0.3) is 11.8 Å². The van der Waals surface area contributed by atoms with Gasteiger partial charge >= 0.3 is 0 Å². The SMILES string of the molecule is NC(=O)c1cnc(NC(=O)c2ccc(COc3ccc4ccccc4c3)o2)s1. The Hall–Kier alpha value is -3.65. The minimum absolute atomic E-state index is 0.118. The van der Waals surface area contributed by atoms with E-state index in [1.165, 1.54) is 6.20 Å². The van der Waals surface area contributed by atoms with Crippen LogP contribution in [-0.2, 0) is 6.61 Å². The number of primary amides is 1. The Morgan fingerprint density at radius 1 is 1.11 bits per heavy atom. The summed E-state index contributed by atoms with van der Waals surface area (Å²) in [5.41, 5.74) is 5.17. The van der Waals surface area contributed by atoms with Crippen LogP contribution < -0.4 is 15.8 Å². The number of aromatic nitrogens is 1. The van der Waals surface area contributed by atoms with Gasteiger partial charge in [-0.1, -0.05) is 41.7 Å². The predicted octanol–water partition coefficient (Wildman–Crippen LogP) is 3.82. The maximum atomic E-state index is 12.2. The van der Waals surface area contributed by atoms with Crippen LogP contribution in [0.3, 0.4) is 0 Å². The zero-order chi connectivity index (χ0) is 19.5. The number of nitrogens with zero attached hydrogens (tertiary/aromatic N) is 1. The lowest BCUT2D eigenvalue weighted by atomic mass is 10.1. The highest BCUT2D eigenvalue weighted by molar-refractivity contribution is 7.17. The van der Waals surface area contributed by atoms with Crippen molar-refractivity contribution in [1.29, 1.82) is 0 Å². The predicted molar refractivity (Wildman–Crippen MR) is 106 cm³/mol. The van der Waals surface area contributed by atoms with E-state index in [9.17, 15) is 9.59 Å². The molecule has 0 spiro atoms. The average molecular weight is 393 g/mol. The van der Waals surface area contributed by atoms with Gasteiger partial charge in [-0.3, -0.25) is 14.9 Å². The number of carbonyl (C=O) groups excluding carboxylic acids is 2. The molecule has 2 heterocycles. The molecule has 2 amide bonds. The molecule has 3 N–H and O–H groups in total. The molecule has 8 heteroatoms. The Morgan fingerprint density at radius 2 is 1.93 bits per heavy atom. The smallest absolute Gasteiger partial charge is 0.293 e. The molecule has 0 atom stereocenters. The lowest BCUT2D eigenvalue weighted by molar-refractivity contribution is 0.0988. The summed E-state index contributed by atoms with van der Waals surface area (Å²) in [6.07, 6.45) is 1.31. The van der Waals surface area contributed by atoms with Gasteiger partial charge in [-0.25, -0.2) is 4.98 Å². The minimum Gasteiger partial charge on any atom is -0.486 e. The second-order valence-electron chi connectivity index (χ2n) is 5.91. The van der Waals surface area contributed by atoms with Crippen molar-refractivity contribution < 1.29 is 18.7 Å². The van der Waals surface area contributed by atoms with E-state index < -0.39 is 11.8 Å². The normalized spacial score (nSPS) is 10.7. The lowest BCUT2D eigenvalue weighted by Crippen LogP contribution is -2.10. The number of nitrogens with one attached hydrogen (secondary N) is 1. The summed E-state index contributed by atoms with van der Waals surface area (Å²) in [7, 11) is 0. The number of fused-ring (bicyclic) bond motifs is 1. The summed E-state index contributed by atoms with van der Waals surface area (Å²) < 4.78 is 11.3. The molecule has 0 radical (unpaired) electrons. The summed E-state index contributed by atoms with van der Waals surface area (Å²) in [4.78, 5) is 27.5. The van der Waals surface area contributed by atoms with Crippen molar-refractivity contribution in [1.82, 2.24) is 4.98 Å². The van der Waals surface area contributed by atoms with Crippen LogP contribution in [0.5, 0.6) is 5.75 Å². The molecular formula is C20H15N3O4S. The van der Waals surface area contributed by atoms with Crippen molar-refractivity contribution >= 4 is 39.1 Å². The van der Waals surface area contributed by atoms with Crippen molar-refractivity contribution in [2.75, 3.05) is 5.32 Å². The fourth-order valence-corrected chi connectivity index (χ4v) is 3.26. The Labute approximate surface area is 163 Å². The third-order valence-corrected chi connectivity index (χ3v) is 4.88. The molecule has 2 aromatic carbocycles. The average Bonchev–Trinajstić information content (AvgIpc) is 3.36. The summed E-state index contributed by atoms with van der Waals surface area (Å²) in [5, 5.41) is 5.05. The van der Waals surface area contributed by atoms with Crippen molar-refractivity contribution in [3.63, 3.8) is 0 Å². The highest BCUT2D eigenvalue weighted by Crippen LogP contribution is 2.22. The summed E-state index contributed by atoms with van der Waals surface area (Å²) >= 11 is 0.995. The first kappa shape index (κ1) is 17.7. The molecule has 0 aliphatic rings. The van der Waals surface area contributed by atoms with Gasteiger partial charge in [0.1, 0.15) is 23.0 Å². The van der Waals surface area contributed by atoms with Crippen LogP contribution >= 0.6 is 11.3 Å². The van der Waals surface area contributed by atoms with Gasteiger partial charge in [0.05, 0.1) is 6.20 Å². The molecule has 4 aromatic rings. The van der Waals surface area contributed by atoms with Crippen LogP contribution in [0.25, 0.3) is 10.8 Å². The van der Waals surface area contributed by atoms with E-state index in [2.05, 4.69) is 10.3 Å². The molecule has 0 aliphatic carbocycles. The van der Waals surface area contributed by atoms with Crippen LogP contribution in [0.1, 0.15) is 26.0 Å². The number of anilines is 1. The van der Waals surface area contributed by atoms with Crippen LogP contribution in [0, 0.1) is 0 Å². The first-order chi connectivity index (χ1) is 13.6. The molecule has 28 heavy (non-hydrogen) atoms. The van der Waals surface area contributed by atoms with Gasteiger partial charge < -0.3 is 14.9 Å². The van der Waals surface area contributed by atoms with Crippen LogP contribution in [0.2, 0.25) is 0 Å².